The molecule has 0 fully saturated rings. The Bertz CT molecular complexity index is 822. The summed E-state index contributed by atoms with van der Waals surface area (Å²) in [7, 11) is 0. The molecule has 1 amide bonds. The van der Waals surface area contributed by atoms with Crippen LogP contribution in [0.4, 0.5) is 0 Å². The summed E-state index contributed by atoms with van der Waals surface area (Å²) in [6.45, 7) is 3.41. The summed E-state index contributed by atoms with van der Waals surface area (Å²) in [6, 6.07) is 7.06. The third-order valence-corrected chi connectivity index (χ3v) is 4.36. The number of H-pyrrole nitrogens is 1. The second kappa shape index (κ2) is 8.06. The number of hydrogen-bond acceptors (Lipinski definition) is 6. The van der Waals surface area contributed by atoms with E-state index >= 15 is 0 Å². The Balaban J connectivity index is 1.52. The minimum absolute atomic E-state index is 0.138. The highest BCUT2D eigenvalue weighted by molar-refractivity contribution is 7.99. The van der Waals surface area contributed by atoms with Gasteiger partial charge in [0.1, 0.15) is 0 Å². The van der Waals surface area contributed by atoms with Crippen LogP contribution in [-0.4, -0.2) is 34.8 Å². The molecular formula is C17H19N3O4S. The smallest absolute Gasteiger partial charge is 0.251 e. The largest absolute Gasteiger partial charge is 0.490 e. The Kier molecular flexibility index (Phi) is 5.60. The number of fused-ring (bicyclic) bond motifs is 1. The summed E-state index contributed by atoms with van der Waals surface area (Å²) in [6.07, 6.45) is 0.854. The maximum Gasteiger partial charge on any atom is 0.251 e. The van der Waals surface area contributed by atoms with Crippen molar-refractivity contribution in [1.82, 2.24) is 15.3 Å². The van der Waals surface area contributed by atoms with Gasteiger partial charge in [-0.3, -0.25) is 9.59 Å². The first-order chi connectivity index (χ1) is 12.1. The fourth-order valence-electron chi connectivity index (χ4n) is 2.32. The van der Waals surface area contributed by atoms with Gasteiger partial charge in [-0.25, -0.2) is 4.98 Å². The lowest BCUT2D eigenvalue weighted by Gasteiger charge is -2.10. The molecule has 0 saturated carbocycles. The molecule has 1 aliphatic heterocycles. The van der Waals surface area contributed by atoms with E-state index < -0.39 is 0 Å². The Hall–Kier alpha value is -2.48. The number of nitrogens with one attached hydrogen (secondary N) is 2. The van der Waals surface area contributed by atoms with Gasteiger partial charge in [-0.15, -0.1) is 0 Å². The minimum atomic E-state index is -0.220. The zero-order chi connectivity index (χ0) is 17.6. The molecule has 0 atom stereocenters. The second-order valence-electron chi connectivity index (χ2n) is 5.59. The summed E-state index contributed by atoms with van der Waals surface area (Å²) in [5, 5.41) is 3.29. The van der Waals surface area contributed by atoms with Crippen LogP contribution < -0.4 is 20.3 Å². The normalized spacial score (nSPS) is 13.2. The Morgan fingerprint density at radius 1 is 1.28 bits per heavy atom. The van der Waals surface area contributed by atoms with E-state index in [1.807, 2.05) is 18.2 Å². The van der Waals surface area contributed by atoms with Crippen LogP contribution >= 0.6 is 11.8 Å². The third-order valence-electron chi connectivity index (χ3n) is 3.49. The molecule has 7 nitrogen and oxygen atoms in total. The Morgan fingerprint density at radius 2 is 2.08 bits per heavy atom. The van der Waals surface area contributed by atoms with Gasteiger partial charge in [-0.1, -0.05) is 17.8 Å². The molecule has 132 valence electrons. The van der Waals surface area contributed by atoms with Gasteiger partial charge in [0, 0.05) is 24.7 Å². The van der Waals surface area contributed by atoms with E-state index in [1.54, 1.807) is 6.92 Å². The molecule has 2 N–H and O–H groups in total. The standard InChI is InChI=1S/C17H19N3O4S/c1-11-7-15(21)20-17(19-11)25-10-16(22)18-9-12-3-4-13-14(8-12)24-6-2-5-23-13/h3-4,7-8H,2,5-6,9-10H2,1H3,(H,18,22)(H,19,20,21). The maximum atomic E-state index is 12.0. The van der Waals surface area contributed by atoms with Gasteiger partial charge < -0.3 is 19.8 Å². The first-order valence-corrected chi connectivity index (χ1v) is 8.95. The summed E-state index contributed by atoms with van der Waals surface area (Å²) < 4.78 is 11.2. The summed E-state index contributed by atoms with van der Waals surface area (Å²) in [5.41, 5.74) is 1.34. The molecule has 0 spiro atoms. The average Bonchev–Trinajstić information content (AvgIpc) is 2.82. The Labute approximate surface area is 149 Å². The number of ether oxygens (including phenoxy) is 2. The van der Waals surface area contributed by atoms with Gasteiger partial charge in [-0.05, 0) is 24.6 Å². The highest BCUT2D eigenvalue weighted by Gasteiger charge is 2.11. The fraction of sp³-hybridized carbons (Fsp3) is 0.353. The lowest BCUT2D eigenvalue weighted by molar-refractivity contribution is -0.118. The number of benzene rings is 1. The van der Waals surface area contributed by atoms with Crippen LogP contribution in [0, 0.1) is 6.92 Å². The predicted molar refractivity (Wildman–Crippen MR) is 94.2 cm³/mol. The van der Waals surface area contributed by atoms with Crippen LogP contribution in [0.15, 0.2) is 34.2 Å². The number of aromatic amines is 1. The summed E-state index contributed by atoms with van der Waals surface area (Å²) in [4.78, 5) is 30.2. The third kappa shape index (κ3) is 4.99. The fourth-order valence-corrected chi connectivity index (χ4v) is 3.07. The minimum Gasteiger partial charge on any atom is -0.490 e. The molecule has 0 radical (unpaired) electrons. The molecule has 0 aliphatic carbocycles. The predicted octanol–water partition coefficient (Wildman–Crippen LogP) is 1.65. The maximum absolute atomic E-state index is 12.0. The van der Waals surface area contributed by atoms with E-state index in [0.29, 0.717) is 36.4 Å². The number of carbonyl (C=O) groups is 1. The molecule has 2 heterocycles. The first-order valence-electron chi connectivity index (χ1n) is 7.96. The monoisotopic (exact) mass is 361 g/mol. The number of thioether (sulfide) groups is 1. The molecule has 3 rings (SSSR count). The van der Waals surface area contributed by atoms with Gasteiger partial charge in [0.15, 0.2) is 16.7 Å². The van der Waals surface area contributed by atoms with Crippen LogP contribution in [0.3, 0.4) is 0 Å². The molecule has 8 heteroatoms. The van der Waals surface area contributed by atoms with E-state index in [2.05, 4.69) is 15.3 Å². The average molecular weight is 361 g/mol. The molecule has 2 aromatic rings. The van der Waals surface area contributed by atoms with Gasteiger partial charge in [-0.2, -0.15) is 0 Å². The number of aromatic nitrogens is 2. The quantitative estimate of drug-likeness (QED) is 0.621. The van der Waals surface area contributed by atoms with Crippen molar-refractivity contribution in [2.75, 3.05) is 19.0 Å². The van der Waals surface area contributed by atoms with Crippen molar-refractivity contribution < 1.29 is 14.3 Å². The zero-order valence-electron chi connectivity index (χ0n) is 13.8. The number of rotatable bonds is 5. The number of hydrogen-bond donors (Lipinski definition) is 2. The number of amides is 1. The van der Waals surface area contributed by atoms with E-state index in [1.165, 1.54) is 17.8 Å². The van der Waals surface area contributed by atoms with Crippen molar-refractivity contribution in [1.29, 1.82) is 0 Å². The Morgan fingerprint density at radius 3 is 2.88 bits per heavy atom. The van der Waals surface area contributed by atoms with Crippen molar-refractivity contribution in [3.8, 4) is 11.5 Å². The van der Waals surface area contributed by atoms with Gasteiger partial charge in [0.05, 0.1) is 19.0 Å². The van der Waals surface area contributed by atoms with E-state index in [9.17, 15) is 9.59 Å². The number of aryl methyl sites for hydroxylation is 1. The van der Waals surface area contributed by atoms with Crippen molar-refractivity contribution in [2.24, 2.45) is 0 Å². The van der Waals surface area contributed by atoms with E-state index in [0.717, 1.165) is 17.7 Å². The molecule has 0 unspecified atom stereocenters. The van der Waals surface area contributed by atoms with Crippen LogP contribution in [0.5, 0.6) is 11.5 Å². The van der Waals surface area contributed by atoms with Crippen molar-refractivity contribution in [3.05, 3.63) is 45.9 Å². The van der Waals surface area contributed by atoms with Crippen LogP contribution in [0.1, 0.15) is 17.7 Å². The molecule has 1 aliphatic rings. The molecule has 0 bridgehead atoms. The van der Waals surface area contributed by atoms with Crippen LogP contribution in [-0.2, 0) is 11.3 Å². The van der Waals surface area contributed by atoms with Crippen LogP contribution in [0.25, 0.3) is 0 Å². The van der Waals surface area contributed by atoms with Gasteiger partial charge in [0.2, 0.25) is 5.91 Å². The van der Waals surface area contributed by atoms with E-state index in [-0.39, 0.29) is 17.2 Å². The topological polar surface area (TPSA) is 93.3 Å². The van der Waals surface area contributed by atoms with E-state index in [4.69, 9.17) is 9.47 Å². The van der Waals surface area contributed by atoms with Crippen LogP contribution in [0.2, 0.25) is 0 Å². The SMILES string of the molecule is Cc1cc(=O)[nH]c(SCC(=O)NCc2ccc3c(c2)OCCCO3)n1. The molecule has 1 aromatic heterocycles. The van der Waals surface area contributed by atoms with Crippen molar-refractivity contribution in [3.63, 3.8) is 0 Å². The molecule has 25 heavy (non-hydrogen) atoms. The zero-order valence-corrected chi connectivity index (χ0v) is 14.6. The highest BCUT2D eigenvalue weighted by atomic mass is 32.2. The van der Waals surface area contributed by atoms with Crippen molar-refractivity contribution >= 4 is 17.7 Å². The second-order valence-corrected chi connectivity index (χ2v) is 6.55. The number of carbonyl (C=O) groups excluding carboxylic acids is 1. The number of nitrogens with zero attached hydrogens (tertiary/aromatic N) is 1. The molecular weight excluding hydrogens is 342 g/mol. The molecule has 0 saturated heterocycles. The van der Waals surface area contributed by atoms with Gasteiger partial charge >= 0.3 is 0 Å². The summed E-state index contributed by atoms with van der Waals surface area (Å²) >= 11 is 1.19. The van der Waals surface area contributed by atoms with Crippen molar-refractivity contribution in [2.45, 2.75) is 25.0 Å². The first kappa shape index (κ1) is 17.3. The van der Waals surface area contributed by atoms with Gasteiger partial charge in [0.25, 0.3) is 5.56 Å². The molecule has 1 aromatic carbocycles. The lowest BCUT2D eigenvalue weighted by atomic mass is 10.2. The highest BCUT2D eigenvalue weighted by Crippen LogP contribution is 2.30. The summed E-state index contributed by atoms with van der Waals surface area (Å²) in [5.74, 6) is 1.48. The lowest BCUT2D eigenvalue weighted by Crippen LogP contribution is -2.24.